The molecule has 44 heavy (non-hydrogen) atoms. The normalized spacial score (nSPS) is 14.9. The first-order valence-corrected chi connectivity index (χ1v) is 15.2. The van der Waals surface area contributed by atoms with Gasteiger partial charge < -0.3 is 25.3 Å². The Labute approximate surface area is 265 Å². The third-order valence-electron chi connectivity index (χ3n) is 8.24. The molecule has 2 aliphatic heterocycles. The van der Waals surface area contributed by atoms with Crippen LogP contribution in [0.1, 0.15) is 27.6 Å². The van der Waals surface area contributed by atoms with Crippen LogP contribution in [0.4, 0.5) is 5.69 Å². The molecule has 0 unspecified atom stereocenters. The van der Waals surface area contributed by atoms with Gasteiger partial charge in [-0.1, -0.05) is 59.6 Å². The first-order valence-electron chi connectivity index (χ1n) is 14.4. The second kappa shape index (κ2) is 12.6. The van der Waals surface area contributed by atoms with Gasteiger partial charge in [0.25, 0.3) is 5.91 Å². The number of nitrogens with zero attached hydrogens (tertiary/aromatic N) is 4. The monoisotopic (exact) mass is 633 g/mol. The predicted molar refractivity (Wildman–Crippen MR) is 171 cm³/mol. The fourth-order valence-corrected chi connectivity index (χ4v) is 6.44. The molecule has 3 N–H and O–H groups in total. The van der Waals surface area contributed by atoms with E-state index in [2.05, 4.69) is 25.8 Å². The van der Waals surface area contributed by atoms with Crippen molar-refractivity contribution in [3.8, 4) is 28.3 Å². The van der Waals surface area contributed by atoms with E-state index in [9.17, 15) is 9.59 Å². The van der Waals surface area contributed by atoms with Crippen molar-refractivity contribution in [1.82, 2.24) is 30.1 Å². The van der Waals surface area contributed by atoms with Gasteiger partial charge in [-0.15, -0.1) is 0 Å². The largest absolute Gasteiger partial charge is 0.481 e. The molecule has 228 valence electrons. The molecule has 4 heterocycles. The van der Waals surface area contributed by atoms with Crippen molar-refractivity contribution in [3.05, 3.63) is 81.4 Å². The number of halogens is 2. The zero-order valence-corrected chi connectivity index (χ0v) is 26.2. The van der Waals surface area contributed by atoms with Gasteiger partial charge in [-0.25, -0.2) is 9.97 Å². The topological polar surface area (TPSA) is 113 Å². The summed E-state index contributed by atoms with van der Waals surface area (Å²) >= 11 is 13.9. The van der Waals surface area contributed by atoms with E-state index in [4.69, 9.17) is 32.9 Å². The molecule has 0 radical (unpaired) electrons. The van der Waals surface area contributed by atoms with Crippen LogP contribution in [-0.2, 0) is 31.4 Å². The van der Waals surface area contributed by atoms with E-state index in [0.717, 1.165) is 35.5 Å². The zero-order valence-electron chi connectivity index (χ0n) is 24.7. The van der Waals surface area contributed by atoms with Crippen LogP contribution in [0.5, 0.6) is 5.88 Å². The highest BCUT2D eigenvalue weighted by atomic mass is 35.5. The van der Waals surface area contributed by atoms with Crippen LogP contribution in [0, 0.1) is 5.92 Å². The van der Waals surface area contributed by atoms with Crippen LogP contribution in [0.3, 0.4) is 0 Å². The molecule has 0 atom stereocenters. The highest BCUT2D eigenvalue weighted by molar-refractivity contribution is 6.39. The van der Waals surface area contributed by atoms with E-state index in [0.29, 0.717) is 70.4 Å². The maximum Gasteiger partial charge on any atom is 0.291 e. The molecule has 1 saturated heterocycles. The first-order chi connectivity index (χ1) is 21.3. The van der Waals surface area contributed by atoms with E-state index in [1.54, 1.807) is 20.2 Å². The van der Waals surface area contributed by atoms with Crippen molar-refractivity contribution in [1.29, 1.82) is 0 Å². The standard InChI is InChI=1S/C32H33Cl2N7O3/c1-35-30(42)19-16-41(17-19)15-18-10-11-23(39-32(18)44-3)22-8-4-6-20(27(22)33)21-7-5-9-24(28(21)34)38-31(43)29-37-25-14-36-13-12-26(25)40(29)2/h4-11,19,36H,12-17H2,1-3H3,(H,35,42)(H,38,43). The molecular formula is C32H33Cl2N7O3. The summed E-state index contributed by atoms with van der Waals surface area (Å²) in [6.07, 6.45) is 0.818. The number of aromatic nitrogens is 3. The zero-order chi connectivity index (χ0) is 31.0. The van der Waals surface area contributed by atoms with Crippen LogP contribution in [0.2, 0.25) is 10.0 Å². The lowest BCUT2D eigenvalue weighted by Gasteiger charge is -2.38. The first kappa shape index (κ1) is 30.1. The number of carbonyl (C=O) groups excluding carboxylic acids is 2. The van der Waals surface area contributed by atoms with Gasteiger partial charge in [0, 0.05) is 81.2 Å². The van der Waals surface area contributed by atoms with Gasteiger partial charge in [0.2, 0.25) is 11.8 Å². The number of anilines is 1. The van der Waals surface area contributed by atoms with Crippen molar-refractivity contribution >= 4 is 40.7 Å². The minimum absolute atomic E-state index is 0.0102. The molecule has 0 saturated carbocycles. The Morgan fingerprint density at radius 2 is 1.75 bits per heavy atom. The number of pyridine rings is 1. The summed E-state index contributed by atoms with van der Waals surface area (Å²) in [6.45, 7) is 3.51. The SMILES string of the molecule is CNC(=O)C1CN(Cc2ccc(-c3cccc(-c4cccc(NC(=O)c5nc6c(n5C)CCNC6)c4Cl)c3Cl)nc2OC)C1. The number of carbonyl (C=O) groups is 2. The van der Waals surface area contributed by atoms with Crippen molar-refractivity contribution in [2.75, 3.05) is 39.1 Å². The van der Waals surface area contributed by atoms with Gasteiger partial charge in [0.15, 0.2) is 5.82 Å². The van der Waals surface area contributed by atoms with E-state index < -0.39 is 0 Å². The minimum atomic E-state index is -0.334. The fraction of sp³-hybridized carbons (Fsp3) is 0.312. The lowest BCUT2D eigenvalue weighted by molar-refractivity contribution is -0.129. The molecule has 10 nitrogen and oxygen atoms in total. The summed E-state index contributed by atoms with van der Waals surface area (Å²) in [5.74, 6) is 0.579. The molecule has 4 aromatic rings. The quantitative estimate of drug-likeness (QED) is 0.261. The lowest BCUT2D eigenvalue weighted by atomic mass is 9.98. The Morgan fingerprint density at radius 3 is 2.48 bits per heavy atom. The van der Waals surface area contributed by atoms with Crippen molar-refractivity contribution in [2.45, 2.75) is 19.5 Å². The summed E-state index contributed by atoms with van der Waals surface area (Å²) < 4.78 is 7.49. The van der Waals surface area contributed by atoms with Crippen LogP contribution in [0.25, 0.3) is 22.4 Å². The average Bonchev–Trinajstić information content (AvgIpc) is 3.36. The number of hydrogen-bond donors (Lipinski definition) is 3. The molecule has 1 fully saturated rings. The highest BCUT2D eigenvalue weighted by Crippen LogP contribution is 2.41. The second-order valence-corrected chi connectivity index (χ2v) is 11.7. The molecule has 0 bridgehead atoms. The molecule has 2 aliphatic rings. The maximum atomic E-state index is 13.3. The summed E-state index contributed by atoms with van der Waals surface area (Å²) in [5.41, 5.74) is 6.08. The van der Waals surface area contributed by atoms with Crippen LogP contribution < -0.4 is 20.7 Å². The number of likely N-dealkylation sites (tertiary alicyclic amines) is 1. The Balaban J connectivity index is 1.24. The number of hydrogen-bond acceptors (Lipinski definition) is 7. The fourth-order valence-electron chi connectivity index (χ4n) is 5.84. The number of rotatable bonds is 8. The van der Waals surface area contributed by atoms with Gasteiger partial charge in [0.05, 0.1) is 40.1 Å². The van der Waals surface area contributed by atoms with E-state index >= 15 is 0 Å². The molecule has 0 aliphatic carbocycles. The average molecular weight is 635 g/mol. The summed E-state index contributed by atoms with van der Waals surface area (Å²) in [7, 11) is 5.11. The smallest absolute Gasteiger partial charge is 0.291 e. The number of imidazole rings is 1. The van der Waals surface area contributed by atoms with Crippen LogP contribution >= 0.6 is 23.2 Å². The molecular weight excluding hydrogens is 601 g/mol. The van der Waals surface area contributed by atoms with Crippen LogP contribution in [-0.4, -0.2) is 65.0 Å². The third-order valence-corrected chi connectivity index (χ3v) is 9.06. The summed E-state index contributed by atoms with van der Waals surface area (Å²) in [5, 5.41) is 9.77. The van der Waals surface area contributed by atoms with E-state index in [1.807, 2.05) is 54.1 Å². The minimum Gasteiger partial charge on any atom is -0.481 e. The van der Waals surface area contributed by atoms with Crippen molar-refractivity contribution in [3.63, 3.8) is 0 Å². The van der Waals surface area contributed by atoms with Crippen molar-refractivity contribution in [2.24, 2.45) is 13.0 Å². The Morgan fingerprint density at radius 1 is 1.02 bits per heavy atom. The molecule has 2 aromatic carbocycles. The number of benzene rings is 2. The summed E-state index contributed by atoms with van der Waals surface area (Å²) in [6, 6.07) is 15.0. The van der Waals surface area contributed by atoms with E-state index in [-0.39, 0.29) is 17.7 Å². The molecule has 6 rings (SSSR count). The number of ether oxygens (including phenoxy) is 1. The van der Waals surface area contributed by atoms with Gasteiger partial charge in [0.1, 0.15) is 0 Å². The van der Waals surface area contributed by atoms with Crippen LogP contribution in [0.15, 0.2) is 48.5 Å². The third kappa shape index (κ3) is 5.66. The molecule has 2 aromatic heterocycles. The van der Waals surface area contributed by atoms with Gasteiger partial charge in [-0.2, -0.15) is 0 Å². The number of nitrogens with one attached hydrogen (secondary N) is 3. The predicted octanol–water partition coefficient (Wildman–Crippen LogP) is 4.54. The Bertz CT molecular complexity index is 1750. The number of fused-ring (bicyclic) bond motifs is 1. The Hall–Kier alpha value is -3.96. The molecule has 0 spiro atoms. The molecule has 12 heteroatoms. The van der Waals surface area contributed by atoms with Gasteiger partial charge in [-0.3, -0.25) is 14.5 Å². The lowest BCUT2D eigenvalue weighted by Crippen LogP contribution is -2.52. The van der Waals surface area contributed by atoms with Gasteiger partial charge >= 0.3 is 0 Å². The maximum absolute atomic E-state index is 13.3. The number of methoxy groups -OCH3 is 1. The number of amides is 2. The second-order valence-electron chi connectivity index (χ2n) is 11.0. The van der Waals surface area contributed by atoms with E-state index in [1.165, 1.54) is 0 Å². The van der Waals surface area contributed by atoms with Crippen molar-refractivity contribution < 1.29 is 14.3 Å². The highest BCUT2D eigenvalue weighted by Gasteiger charge is 2.32. The summed E-state index contributed by atoms with van der Waals surface area (Å²) in [4.78, 5) is 36.6. The molecule has 2 amide bonds. The Kier molecular flexibility index (Phi) is 8.59. The van der Waals surface area contributed by atoms with Gasteiger partial charge in [-0.05, 0) is 12.1 Å².